The number of aliphatic carboxylic acids is 1. The number of carboxylic acid groups (broad SMARTS) is 1. The van der Waals surface area contributed by atoms with Gasteiger partial charge >= 0.3 is 5.97 Å². The second-order valence-electron chi connectivity index (χ2n) is 4.16. The van der Waals surface area contributed by atoms with Crippen LogP contribution in [0.5, 0.6) is 0 Å². The number of carboxylic acids is 1. The zero-order valence-corrected chi connectivity index (χ0v) is 10.5. The molecule has 6 heteroatoms. The van der Waals surface area contributed by atoms with Crippen LogP contribution in [0, 0.1) is 6.92 Å². The van der Waals surface area contributed by atoms with Crippen LogP contribution >= 0.6 is 0 Å². The van der Waals surface area contributed by atoms with Gasteiger partial charge in [0.25, 0.3) is 0 Å². The van der Waals surface area contributed by atoms with Gasteiger partial charge in [-0.1, -0.05) is 35.5 Å². The van der Waals surface area contributed by atoms with E-state index in [2.05, 4.69) is 15.5 Å². The summed E-state index contributed by atoms with van der Waals surface area (Å²) in [7, 11) is 0. The number of aryl methyl sites for hydroxylation is 1. The molecule has 19 heavy (non-hydrogen) atoms. The highest BCUT2D eigenvalue weighted by Gasteiger charge is 2.19. The number of hydrogen-bond donors (Lipinski definition) is 2. The van der Waals surface area contributed by atoms with Gasteiger partial charge in [0.1, 0.15) is 0 Å². The van der Waals surface area contributed by atoms with Crippen molar-refractivity contribution in [3.05, 3.63) is 47.6 Å². The Hall–Kier alpha value is -2.21. The molecule has 0 aliphatic carbocycles. The van der Waals surface area contributed by atoms with Gasteiger partial charge in [-0.05, 0) is 5.56 Å². The van der Waals surface area contributed by atoms with Crippen molar-refractivity contribution in [1.29, 1.82) is 0 Å². The zero-order valence-electron chi connectivity index (χ0n) is 10.5. The summed E-state index contributed by atoms with van der Waals surface area (Å²) in [6, 6.07) is 9.12. The van der Waals surface area contributed by atoms with Crippen LogP contribution in [0.1, 0.15) is 23.2 Å². The maximum absolute atomic E-state index is 11.3. The standard InChI is InChI=1S/C13H15N3O3/c1-9-15-12(16-19-9)8-14-7-11(13(17)18)10-5-3-2-4-6-10/h2-6,11,14H,7-8H2,1H3,(H,17,18). The smallest absolute Gasteiger partial charge is 0.312 e. The predicted octanol–water partition coefficient (Wildman–Crippen LogP) is 1.34. The van der Waals surface area contributed by atoms with Gasteiger partial charge < -0.3 is 14.9 Å². The van der Waals surface area contributed by atoms with E-state index in [9.17, 15) is 9.90 Å². The third kappa shape index (κ3) is 3.62. The Morgan fingerprint density at radius 1 is 1.42 bits per heavy atom. The number of benzene rings is 1. The number of hydrogen-bond acceptors (Lipinski definition) is 5. The van der Waals surface area contributed by atoms with Crippen LogP contribution in [0.3, 0.4) is 0 Å². The monoisotopic (exact) mass is 261 g/mol. The SMILES string of the molecule is Cc1nc(CNCC(C(=O)O)c2ccccc2)no1. The van der Waals surface area contributed by atoms with E-state index in [1.165, 1.54) is 0 Å². The summed E-state index contributed by atoms with van der Waals surface area (Å²) in [4.78, 5) is 15.3. The first-order valence-corrected chi connectivity index (χ1v) is 5.94. The third-order valence-corrected chi connectivity index (χ3v) is 2.70. The van der Waals surface area contributed by atoms with Gasteiger partial charge in [-0.3, -0.25) is 4.79 Å². The molecule has 0 bridgehead atoms. The van der Waals surface area contributed by atoms with E-state index in [1.807, 2.05) is 18.2 Å². The van der Waals surface area contributed by atoms with E-state index in [0.29, 0.717) is 24.8 Å². The van der Waals surface area contributed by atoms with Crippen molar-refractivity contribution in [2.45, 2.75) is 19.4 Å². The van der Waals surface area contributed by atoms with Gasteiger partial charge in [-0.25, -0.2) is 0 Å². The largest absolute Gasteiger partial charge is 0.481 e. The molecule has 2 rings (SSSR count). The third-order valence-electron chi connectivity index (χ3n) is 2.70. The predicted molar refractivity (Wildman–Crippen MR) is 67.6 cm³/mol. The lowest BCUT2D eigenvalue weighted by Crippen LogP contribution is -2.26. The summed E-state index contributed by atoms with van der Waals surface area (Å²) in [6.07, 6.45) is 0. The van der Waals surface area contributed by atoms with Crippen molar-refractivity contribution in [2.24, 2.45) is 0 Å². The molecule has 1 heterocycles. The summed E-state index contributed by atoms with van der Waals surface area (Å²) in [5.74, 6) is -0.429. The van der Waals surface area contributed by atoms with Crippen molar-refractivity contribution in [2.75, 3.05) is 6.54 Å². The molecular weight excluding hydrogens is 246 g/mol. The molecule has 0 saturated carbocycles. The quantitative estimate of drug-likeness (QED) is 0.815. The van der Waals surface area contributed by atoms with E-state index in [4.69, 9.17) is 4.52 Å². The molecule has 0 radical (unpaired) electrons. The van der Waals surface area contributed by atoms with Crippen molar-refractivity contribution >= 4 is 5.97 Å². The summed E-state index contributed by atoms with van der Waals surface area (Å²) in [5, 5.41) is 16.0. The summed E-state index contributed by atoms with van der Waals surface area (Å²) < 4.78 is 4.84. The average molecular weight is 261 g/mol. The molecule has 0 aliphatic heterocycles. The summed E-state index contributed by atoms with van der Waals surface area (Å²) >= 11 is 0. The highest BCUT2D eigenvalue weighted by molar-refractivity contribution is 5.76. The summed E-state index contributed by atoms with van der Waals surface area (Å²) in [5.41, 5.74) is 0.770. The van der Waals surface area contributed by atoms with Crippen LogP contribution < -0.4 is 5.32 Å². The highest BCUT2D eigenvalue weighted by atomic mass is 16.5. The van der Waals surface area contributed by atoms with Crippen LogP contribution in [-0.2, 0) is 11.3 Å². The maximum atomic E-state index is 11.3. The molecule has 2 N–H and O–H groups in total. The fraction of sp³-hybridized carbons (Fsp3) is 0.308. The van der Waals surface area contributed by atoms with Gasteiger partial charge in [-0.15, -0.1) is 0 Å². The lowest BCUT2D eigenvalue weighted by atomic mass is 9.99. The molecule has 1 aromatic heterocycles. The molecule has 0 amide bonds. The van der Waals surface area contributed by atoms with Crippen molar-refractivity contribution in [1.82, 2.24) is 15.5 Å². The molecule has 6 nitrogen and oxygen atoms in total. The summed E-state index contributed by atoms with van der Waals surface area (Å²) in [6.45, 7) is 2.40. The minimum atomic E-state index is -0.858. The number of rotatable bonds is 6. The minimum absolute atomic E-state index is 0.312. The lowest BCUT2D eigenvalue weighted by molar-refractivity contribution is -0.138. The van der Waals surface area contributed by atoms with E-state index in [1.54, 1.807) is 19.1 Å². The van der Waals surface area contributed by atoms with E-state index < -0.39 is 11.9 Å². The van der Waals surface area contributed by atoms with Crippen molar-refractivity contribution in [3.8, 4) is 0 Å². The first kappa shape index (κ1) is 13.2. The van der Waals surface area contributed by atoms with Crippen LogP contribution in [0.2, 0.25) is 0 Å². The topological polar surface area (TPSA) is 88.2 Å². The number of aromatic nitrogens is 2. The minimum Gasteiger partial charge on any atom is -0.481 e. The number of nitrogens with zero attached hydrogens (tertiary/aromatic N) is 2. The van der Waals surface area contributed by atoms with E-state index in [-0.39, 0.29) is 0 Å². The Morgan fingerprint density at radius 3 is 2.74 bits per heavy atom. The van der Waals surface area contributed by atoms with Gasteiger partial charge in [0.2, 0.25) is 5.89 Å². The lowest BCUT2D eigenvalue weighted by Gasteiger charge is -2.12. The molecule has 2 aromatic rings. The molecular formula is C13H15N3O3. The van der Waals surface area contributed by atoms with Crippen molar-refractivity contribution < 1.29 is 14.4 Å². The van der Waals surface area contributed by atoms with Gasteiger partial charge in [-0.2, -0.15) is 4.98 Å². The second kappa shape index (κ2) is 6.10. The molecule has 0 fully saturated rings. The van der Waals surface area contributed by atoms with Crippen LogP contribution in [0.15, 0.2) is 34.9 Å². The Bertz CT molecular complexity index is 539. The number of carbonyl (C=O) groups is 1. The van der Waals surface area contributed by atoms with Gasteiger partial charge in [0, 0.05) is 13.5 Å². The van der Waals surface area contributed by atoms with E-state index >= 15 is 0 Å². The molecule has 1 atom stereocenters. The fourth-order valence-corrected chi connectivity index (χ4v) is 1.77. The normalized spacial score (nSPS) is 12.3. The average Bonchev–Trinajstić information content (AvgIpc) is 2.81. The Balaban J connectivity index is 1.93. The van der Waals surface area contributed by atoms with Crippen molar-refractivity contribution in [3.63, 3.8) is 0 Å². The first-order valence-electron chi connectivity index (χ1n) is 5.94. The highest BCUT2D eigenvalue weighted by Crippen LogP contribution is 2.14. The fourth-order valence-electron chi connectivity index (χ4n) is 1.77. The van der Waals surface area contributed by atoms with Crippen LogP contribution in [0.25, 0.3) is 0 Å². The van der Waals surface area contributed by atoms with Gasteiger partial charge in [0.05, 0.1) is 12.5 Å². The van der Waals surface area contributed by atoms with Gasteiger partial charge in [0.15, 0.2) is 5.82 Å². The zero-order chi connectivity index (χ0) is 13.7. The molecule has 1 unspecified atom stereocenters. The Morgan fingerprint density at radius 2 is 2.16 bits per heavy atom. The second-order valence-corrected chi connectivity index (χ2v) is 4.16. The molecule has 100 valence electrons. The number of nitrogens with one attached hydrogen (secondary N) is 1. The first-order chi connectivity index (χ1) is 9.16. The Labute approximate surface area is 110 Å². The molecule has 1 aromatic carbocycles. The van der Waals surface area contributed by atoms with E-state index in [0.717, 1.165) is 5.56 Å². The van der Waals surface area contributed by atoms with Crippen LogP contribution in [-0.4, -0.2) is 27.8 Å². The Kier molecular flexibility index (Phi) is 4.25. The molecule has 0 aliphatic rings. The maximum Gasteiger partial charge on any atom is 0.312 e. The molecule has 0 spiro atoms. The van der Waals surface area contributed by atoms with Crippen LogP contribution in [0.4, 0.5) is 0 Å². The molecule has 0 saturated heterocycles.